The van der Waals surface area contributed by atoms with Gasteiger partial charge in [0, 0.05) is 18.8 Å². The highest BCUT2D eigenvalue weighted by molar-refractivity contribution is 7.93. The lowest BCUT2D eigenvalue weighted by Gasteiger charge is -2.17. The predicted octanol–water partition coefficient (Wildman–Crippen LogP) is 1.53. The molecule has 29 heavy (non-hydrogen) atoms. The van der Waals surface area contributed by atoms with Crippen molar-refractivity contribution in [2.45, 2.75) is 12.8 Å². The minimum absolute atomic E-state index is 0.141. The van der Waals surface area contributed by atoms with Crippen LogP contribution >= 0.6 is 0 Å². The molecule has 1 fully saturated rings. The number of anilines is 2. The number of hydrogen-bond acceptors (Lipinski definition) is 5. The van der Waals surface area contributed by atoms with Crippen molar-refractivity contribution in [3.8, 4) is 5.75 Å². The molecule has 0 bridgehead atoms. The van der Waals surface area contributed by atoms with Crippen LogP contribution in [0.15, 0.2) is 48.5 Å². The van der Waals surface area contributed by atoms with Crippen LogP contribution in [0.1, 0.15) is 12.0 Å². The summed E-state index contributed by atoms with van der Waals surface area (Å²) in [5.41, 5.74) is 1.98. The topological polar surface area (TPSA) is 105 Å². The van der Waals surface area contributed by atoms with Crippen molar-refractivity contribution in [1.29, 1.82) is 0 Å². The molecule has 8 nitrogen and oxygen atoms in total. The number of methoxy groups -OCH3 is 1. The second kappa shape index (κ2) is 8.95. The van der Waals surface area contributed by atoms with Crippen LogP contribution in [0.5, 0.6) is 5.75 Å². The fourth-order valence-electron chi connectivity index (χ4n) is 3.02. The van der Waals surface area contributed by atoms with Gasteiger partial charge in [0.25, 0.3) is 0 Å². The van der Waals surface area contributed by atoms with Crippen LogP contribution in [0.4, 0.5) is 11.4 Å². The van der Waals surface area contributed by atoms with Gasteiger partial charge < -0.3 is 15.4 Å². The first kappa shape index (κ1) is 20.7. The third kappa shape index (κ3) is 5.26. The molecule has 0 spiro atoms. The molecule has 0 aromatic heterocycles. The van der Waals surface area contributed by atoms with E-state index in [9.17, 15) is 18.0 Å². The summed E-state index contributed by atoms with van der Waals surface area (Å²) < 4.78 is 30.3. The van der Waals surface area contributed by atoms with Gasteiger partial charge in [0.2, 0.25) is 10.0 Å². The van der Waals surface area contributed by atoms with Gasteiger partial charge in [0.1, 0.15) is 5.75 Å². The van der Waals surface area contributed by atoms with Crippen LogP contribution in [0.3, 0.4) is 0 Å². The zero-order valence-corrected chi connectivity index (χ0v) is 16.9. The van der Waals surface area contributed by atoms with Gasteiger partial charge >= 0.3 is 11.8 Å². The Morgan fingerprint density at radius 2 is 1.72 bits per heavy atom. The molecule has 0 saturated carbocycles. The van der Waals surface area contributed by atoms with E-state index in [-0.39, 0.29) is 5.75 Å². The SMILES string of the molecule is COc1ccc(CCNC(=O)C(=O)Nc2ccc(N3CCCS3(=O)=O)cc2)cc1. The molecule has 1 aliphatic rings. The Labute approximate surface area is 169 Å². The Hall–Kier alpha value is -3.07. The number of carbonyl (C=O) groups excluding carboxylic acids is 2. The predicted molar refractivity (Wildman–Crippen MR) is 111 cm³/mol. The van der Waals surface area contributed by atoms with Gasteiger partial charge in [0.15, 0.2) is 0 Å². The van der Waals surface area contributed by atoms with Crippen LogP contribution in [0.25, 0.3) is 0 Å². The minimum Gasteiger partial charge on any atom is -0.497 e. The summed E-state index contributed by atoms with van der Waals surface area (Å²) in [6.45, 7) is 0.773. The first-order valence-electron chi connectivity index (χ1n) is 9.21. The van der Waals surface area contributed by atoms with Crippen LogP contribution in [0.2, 0.25) is 0 Å². The molecule has 1 saturated heterocycles. The molecule has 1 heterocycles. The summed E-state index contributed by atoms with van der Waals surface area (Å²) in [7, 11) is -1.66. The van der Waals surface area contributed by atoms with Crippen molar-refractivity contribution in [3.63, 3.8) is 0 Å². The average Bonchev–Trinajstić information content (AvgIpc) is 3.08. The molecule has 154 valence electrons. The zero-order chi connectivity index (χ0) is 20.9. The third-order valence-electron chi connectivity index (χ3n) is 4.58. The van der Waals surface area contributed by atoms with Crippen LogP contribution in [-0.2, 0) is 26.0 Å². The van der Waals surface area contributed by atoms with E-state index >= 15 is 0 Å². The fourth-order valence-corrected chi connectivity index (χ4v) is 4.59. The highest BCUT2D eigenvalue weighted by Crippen LogP contribution is 2.25. The van der Waals surface area contributed by atoms with E-state index in [0.717, 1.165) is 11.3 Å². The standard InChI is InChI=1S/C20H23N3O5S/c1-28-18-9-3-15(4-10-18)11-12-21-19(24)20(25)22-16-5-7-17(8-6-16)23-13-2-14-29(23,26)27/h3-10H,2,11-14H2,1H3,(H,21,24)(H,22,25). The van der Waals surface area contributed by atoms with Crippen molar-refractivity contribution in [2.24, 2.45) is 0 Å². The maximum absolute atomic E-state index is 12.0. The molecule has 1 aliphatic heterocycles. The first-order valence-corrected chi connectivity index (χ1v) is 10.8. The molecule has 2 N–H and O–H groups in total. The second-order valence-corrected chi connectivity index (χ2v) is 8.61. The molecular formula is C20H23N3O5S. The van der Waals surface area contributed by atoms with E-state index in [1.807, 2.05) is 24.3 Å². The maximum Gasteiger partial charge on any atom is 0.313 e. The third-order valence-corrected chi connectivity index (χ3v) is 6.45. The summed E-state index contributed by atoms with van der Waals surface area (Å²) in [5, 5.41) is 5.09. The van der Waals surface area contributed by atoms with Gasteiger partial charge in [0.05, 0.1) is 18.6 Å². The molecule has 0 aliphatic carbocycles. The quantitative estimate of drug-likeness (QED) is 0.694. The van der Waals surface area contributed by atoms with E-state index in [1.165, 1.54) is 4.31 Å². The molecular weight excluding hydrogens is 394 g/mol. The number of sulfonamides is 1. The highest BCUT2D eigenvalue weighted by Gasteiger charge is 2.28. The number of hydrogen-bond donors (Lipinski definition) is 2. The minimum atomic E-state index is -3.25. The van der Waals surface area contributed by atoms with Crippen molar-refractivity contribution in [2.75, 3.05) is 35.6 Å². The second-order valence-electron chi connectivity index (χ2n) is 6.60. The van der Waals surface area contributed by atoms with Crippen LogP contribution < -0.4 is 19.7 Å². The fraction of sp³-hybridized carbons (Fsp3) is 0.300. The van der Waals surface area contributed by atoms with Gasteiger partial charge in [-0.2, -0.15) is 0 Å². The van der Waals surface area contributed by atoms with E-state index in [1.54, 1.807) is 31.4 Å². The summed E-state index contributed by atoms with van der Waals surface area (Å²) in [6.07, 6.45) is 1.18. The Bertz CT molecular complexity index is 972. The van der Waals surface area contributed by atoms with E-state index in [0.29, 0.717) is 37.3 Å². The largest absolute Gasteiger partial charge is 0.497 e. The number of carbonyl (C=O) groups is 2. The van der Waals surface area contributed by atoms with Crippen molar-refractivity contribution < 1.29 is 22.7 Å². The molecule has 9 heteroatoms. The normalized spacial score (nSPS) is 15.0. The zero-order valence-electron chi connectivity index (χ0n) is 16.1. The van der Waals surface area contributed by atoms with Crippen molar-refractivity contribution >= 4 is 33.2 Å². The van der Waals surface area contributed by atoms with Crippen LogP contribution in [-0.4, -0.2) is 46.2 Å². The highest BCUT2D eigenvalue weighted by atomic mass is 32.2. The number of amides is 2. The van der Waals surface area contributed by atoms with Crippen LogP contribution in [0, 0.1) is 0 Å². The summed E-state index contributed by atoms with van der Waals surface area (Å²) in [6, 6.07) is 13.8. The molecule has 3 rings (SSSR count). The monoisotopic (exact) mass is 417 g/mol. The van der Waals surface area contributed by atoms with Gasteiger partial charge in [-0.3, -0.25) is 13.9 Å². The molecule has 2 aromatic rings. The molecule has 0 unspecified atom stereocenters. The molecule has 2 aromatic carbocycles. The Morgan fingerprint density at radius 1 is 1.03 bits per heavy atom. The van der Waals surface area contributed by atoms with E-state index in [2.05, 4.69) is 10.6 Å². The Kier molecular flexibility index (Phi) is 6.38. The Balaban J connectivity index is 1.48. The average molecular weight is 417 g/mol. The lowest BCUT2D eigenvalue weighted by Crippen LogP contribution is -2.36. The smallest absolute Gasteiger partial charge is 0.313 e. The summed E-state index contributed by atoms with van der Waals surface area (Å²) >= 11 is 0. The van der Waals surface area contributed by atoms with E-state index < -0.39 is 21.8 Å². The molecule has 0 atom stereocenters. The molecule has 0 radical (unpaired) electrons. The van der Waals surface area contributed by atoms with Gasteiger partial charge in [-0.05, 0) is 54.8 Å². The summed E-state index contributed by atoms with van der Waals surface area (Å²) in [5.74, 6) is -0.612. The lowest BCUT2D eigenvalue weighted by molar-refractivity contribution is -0.136. The van der Waals surface area contributed by atoms with Gasteiger partial charge in [-0.1, -0.05) is 12.1 Å². The first-order chi connectivity index (χ1) is 13.9. The lowest BCUT2D eigenvalue weighted by atomic mass is 10.1. The number of rotatable bonds is 6. The Morgan fingerprint density at radius 3 is 2.31 bits per heavy atom. The van der Waals surface area contributed by atoms with Gasteiger partial charge in [-0.25, -0.2) is 8.42 Å². The van der Waals surface area contributed by atoms with Gasteiger partial charge in [-0.15, -0.1) is 0 Å². The number of nitrogens with zero attached hydrogens (tertiary/aromatic N) is 1. The van der Waals surface area contributed by atoms with Crippen molar-refractivity contribution in [3.05, 3.63) is 54.1 Å². The number of nitrogens with one attached hydrogen (secondary N) is 2. The summed E-state index contributed by atoms with van der Waals surface area (Å²) in [4.78, 5) is 24.0. The number of benzene rings is 2. The maximum atomic E-state index is 12.0. The van der Waals surface area contributed by atoms with Crippen molar-refractivity contribution in [1.82, 2.24) is 5.32 Å². The number of ether oxygens (including phenoxy) is 1. The van der Waals surface area contributed by atoms with E-state index in [4.69, 9.17) is 4.74 Å². The molecule has 2 amide bonds.